The Bertz CT molecular complexity index is 896. The molecule has 0 radical (unpaired) electrons. The lowest BCUT2D eigenvalue weighted by Gasteiger charge is -2.41. The molecule has 33 heavy (non-hydrogen) atoms. The molecule has 0 amide bonds. The molecule has 1 saturated carbocycles. The summed E-state index contributed by atoms with van der Waals surface area (Å²) in [5.74, 6) is -1.17. The van der Waals surface area contributed by atoms with Gasteiger partial charge < -0.3 is 15.0 Å². The molecule has 0 aromatic heterocycles. The summed E-state index contributed by atoms with van der Waals surface area (Å²) in [6.45, 7) is 12.3. The average molecular weight is 457 g/mol. The van der Waals surface area contributed by atoms with E-state index in [2.05, 4.69) is 39.8 Å². The normalized spacial score (nSPS) is 38.4. The molecule has 0 saturated heterocycles. The zero-order valence-electron chi connectivity index (χ0n) is 20.9. The van der Waals surface area contributed by atoms with Crippen molar-refractivity contribution in [2.45, 2.75) is 73.3 Å². The molecule has 3 aliphatic carbocycles. The fraction of sp³-hybridized carbons (Fsp3) is 0.679. The van der Waals surface area contributed by atoms with Crippen LogP contribution in [0.25, 0.3) is 0 Å². The molecule has 3 aliphatic rings. The number of fused-ring (bicyclic) bond motifs is 1. The van der Waals surface area contributed by atoms with Crippen LogP contribution in [0, 0.1) is 46.3 Å². The maximum Gasteiger partial charge on any atom is 0.313 e. The Morgan fingerprint density at radius 2 is 1.82 bits per heavy atom. The van der Waals surface area contributed by atoms with Crippen molar-refractivity contribution in [3.63, 3.8) is 0 Å². The number of aliphatic carboxylic acids is 1. The molecule has 0 heterocycles. The largest absolute Gasteiger partial charge is 0.481 e. The maximum atomic E-state index is 12.8. The van der Waals surface area contributed by atoms with Gasteiger partial charge in [-0.2, -0.15) is 0 Å². The number of carbonyl (C=O) groups is 3. The first kappa shape index (κ1) is 25.6. The molecule has 5 heteroatoms. The SMILES string of the molecule is CC(C)[C@@H](C)/C=C/[C@@H](C)[C@H]1CC=C([C@H]2C(C=O)=C3C[C@@H](O)CC[C@]3(C)[C@H]2C=O)[C@]1(C)C(=O)O. The summed E-state index contributed by atoms with van der Waals surface area (Å²) in [6.07, 6.45) is 9.67. The topological polar surface area (TPSA) is 91.7 Å². The summed E-state index contributed by atoms with van der Waals surface area (Å²) in [5, 5.41) is 20.8. The van der Waals surface area contributed by atoms with E-state index in [4.69, 9.17) is 0 Å². The first-order valence-corrected chi connectivity index (χ1v) is 12.4. The van der Waals surface area contributed by atoms with Gasteiger partial charge in [-0.3, -0.25) is 9.59 Å². The highest BCUT2D eigenvalue weighted by atomic mass is 16.4. The van der Waals surface area contributed by atoms with Crippen molar-refractivity contribution >= 4 is 18.5 Å². The van der Waals surface area contributed by atoms with Crippen molar-refractivity contribution in [2.24, 2.45) is 46.3 Å². The predicted octanol–water partition coefficient (Wildman–Crippen LogP) is 5.00. The Labute approximate surface area is 198 Å². The lowest BCUT2D eigenvalue weighted by atomic mass is 9.62. The van der Waals surface area contributed by atoms with Gasteiger partial charge in [0, 0.05) is 11.8 Å². The molecule has 0 bridgehead atoms. The van der Waals surface area contributed by atoms with Crippen molar-refractivity contribution in [2.75, 3.05) is 0 Å². The van der Waals surface area contributed by atoms with E-state index in [9.17, 15) is 24.6 Å². The fourth-order valence-electron chi connectivity index (χ4n) is 6.58. The number of carboxylic acids is 1. The molecule has 0 unspecified atom stereocenters. The van der Waals surface area contributed by atoms with Gasteiger partial charge in [-0.1, -0.05) is 58.4 Å². The minimum absolute atomic E-state index is 0.0316. The van der Waals surface area contributed by atoms with Crippen molar-refractivity contribution < 1.29 is 24.6 Å². The van der Waals surface area contributed by atoms with Crippen molar-refractivity contribution in [1.29, 1.82) is 0 Å². The molecular weight excluding hydrogens is 416 g/mol. The summed E-state index contributed by atoms with van der Waals surface area (Å²) < 4.78 is 0. The first-order valence-electron chi connectivity index (χ1n) is 12.4. The Kier molecular flexibility index (Phi) is 7.24. The van der Waals surface area contributed by atoms with Crippen molar-refractivity contribution in [3.8, 4) is 0 Å². The highest BCUT2D eigenvalue weighted by Gasteiger charge is 2.59. The van der Waals surface area contributed by atoms with E-state index in [1.165, 1.54) is 0 Å². The van der Waals surface area contributed by atoms with Crippen molar-refractivity contribution in [3.05, 3.63) is 34.9 Å². The first-order chi connectivity index (χ1) is 15.4. The van der Waals surface area contributed by atoms with Gasteiger partial charge in [0.05, 0.1) is 11.5 Å². The number of carbonyl (C=O) groups excluding carboxylic acids is 2. The summed E-state index contributed by atoms with van der Waals surface area (Å²) >= 11 is 0. The minimum atomic E-state index is -1.17. The molecule has 0 aromatic carbocycles. The van der Waals surface area contributed by atoms with Crippen LogP contribution >= 0.6 is 0 Å². The smallest absolute Gasteiger partial charge is 0.313 e. The second-order valence-electron chi connectivity index (χ2n) is 11.4. The quantitative estimate of drug-likeness (QED) is 0.396. The zero-order chi connectivity index (χ0) is 24.7. The van der Waals surface area contributed by atoms with E-state index in [0.29, 0.717) is 48.7 Å². The lowest BCUT2D eigenvalue weighted by molar-refractivity contribution is -0.149. The van der Waals surface area contributed by atoms with Gasteiger partial charge >= 0.3 is 5.97 Å². The third kappa shape index (κ3) is 4.07. The Morgan fingerprint density at radius 1 is 1.15 bits per heavy atom. The number of allylic oxidation sites excluding steroid dienone is 4. The molecule has 3 rings (SSSR count). The molecule has 2 N–H and O–H groups in total. The van der Waals surface area contributed by atoms with Crippen LogP contribution in [-0.4, -0.2) is 34.9 Å². The third-order valence-corrected chi connectivity index (χ3v) is 9.29. The number of aliphatic hydroxyl groups is 1. The number of hydrogen-bond donors (Lipinski definition) is 2. The molecule has 8 atom stereocenters. The summed E-state index contributed by atoms with van der Waals surface area (Å²) in [7, 11) is 0. The molecule has 5 nitrogen and oxygen atoms in total. The van der Waals surface area contributed by atoms with E-state index in [1.807, 2.05) is 13.0 Å². The lowest BCUT2D eigenvalue weighted by Crippen LogP contribution is -2.42. The number of rotatable bonds is 8. The highest BCUT2D eigenvalue weighted by Crippen LogP contribution is 2.62. The summed E-state index contributed by atoms with van der Waals surface area (Å²) in [5.41, 5.74) is 0.361. The van der Waals surface area contributed by atoms with Gasteiger partial charge in [0.2, 0.25) is 0 Å². The van der Waals surface area contributed by atoms with Gasteiger partial charge in [-0.25, -0.2) is 0 Å². The van der Waals surface area contributed by atoms with Crippen molar-refractivity contribution in [1.82, 2.24) is 0 Å². The molecule has 0 aliphatic heterocycles. The van der Waals surface area contributed by atoms with E-state index < -0.39 is 34.7 Å². The van der Waals surface area contributed by atoms with E-state index in [1.54, 1.807) is 6.92 Å². The second kappa shape index (κ2) is 9.32. The summed E-state index contributed by atoms with van der Waals surface area (Å²) in [6, 6.07) is 0. The second-order valence-corrected chi connectivity index (χ2v) is 11.4. The van der Waals surface area contributed by atoms with Crippen LogP contribution in [0.15, 0.2) is 34.9 Å². The number of aliphatic hydroxyl groups excluding tert-OH is 1. The minimum Gasteiger partial charge on any atom is -0.481 e. The molecule has 0 spiro atoms. The monoisotopic (exact) mass is 456 g/mol. The third-order valence-electron chi connectivity index (χ3n) is 9.29. The van der Waals surface area contributed by atoms with Crippen LogP contribution < -0.4 is 0 Å². The zero-order valence-corrected chi connectivity index (χ0v) is 20.9. The fourth-order valence-corrected chi connectivity index (χ4v) is 6.58. The molecule has 182 valence electrons. The van der Waals surface area contributed by atoms with Crippen LogP contribution in [0.3, 0.4) is 0 Å². The van der Waals surface area contributed by atoms with Gasteiger partial charge in [-0.05, 0) is 72.8 Å². The van der Waals surface area contributed by atoms with Crippen LogP contribution in [0.5, 0.6) is 0 Å². The van der Waals surface area contributed by atoms with Crippen LogP contribution in [0.4, 0.5) is 0 Å². The Morgan fingerprint density at radius 3 is 2.36 bits per heavy atom. The van der Waals surface area contributed by atoms with Crippen LogP contribution in [-0.2, 0) is 14.4 Å². The molecule has 1 fully saturated rings. The van der Waals surface area contributed by atoms with Crippen LogP contribution in [0.1, 0.15) is 67.2 Å². The standard InChI is InChI=1S/C28H40O5/c1-16(2)17(3)7-8-18(4)21-9-10-22(28(21,6)26(32)33)25-20(14-29)23-13-19(31)11-12-27(23,5)24(25)15-30/h7-8,10,14-19,21,24-25,31H,9,11-13H2,1-6H3,(H,32,33)/b8-7+/t17-,18+,19-,21+,24-,25+,27-,28+/m0/s1. The van der Waals surface area contributed by atoms with Gasteiger partial charge in [0.15, 0.2) is 0 Å². The predicted molar refractivity (Wildman–Crippen MR) is 128 cm³/mol. The Hall–Kier alpha value is -2.01. The van der Waals surface area contributed by atoms with Crippen LogP contribution in [0.2, 0.25) is 0 Å². The Balaban J connectivity index is 2.04. The number of aldehydes is 2. The van der Waals surface area contributed by atoms with E-state index >= 15 is 0 Å². The van der Waals surface area contributed by atoms with Gasteiger partial charge in [-0.15, -0.1) is 0 Å². The van der Waals surface area contributed by atoms with E-state index in [0.717, 1.165) is 18.1 Å². The average Bonchev–Trinajstić information content (AvgIpc) is 3.23. The highest BCUT2D eigenvalue weighted by molar-refractivity contribution is 5.86. The maximum absolute atomic E-state index is 12.8. The van der Waals surface area contributed by atoms with Gasteiger partial charge in [0.25, 0.3) is 0 Å². The van der Waals surface area contributed by atoms with Gasteiger partial charge in [0.1, 0.15) is 12.6 Å². The summed E-state index contributed by atoms with van der Waals surface area (Å²) in [4.78, 5) is 37.6. The molecule has 0 aromatic rings. The molecular formula is C28H40O5. The number of hydrogen-bond acceptors (Lipinski definition) is 4. The van der Waals surface area contributed by atoms with E-state index in [-0.39, 0.29) is 11.8 Å². The number of carboxylic acid groups (broad SMARTS) is 1.